The number of aryl methyl sites for hydroxylation is 1. The third-order valence-electron chi connectivity index (χ3n) is 0.816. The molecule has 0 amide bonds. The van der Waals surface area contributed by atoms with Gasteiger partial charge in [-0.15, -0.1) is 4.91 Å². The van der Waals surface area contributed by atoms with E-state index in [0.717, 1.165) is 0 Å². The number of nitrogens with zero attached hydrogens (tertiary/aromatic N) is 1. The second-order valence-corrected chi connectivity index (χ2v) is 1.48. The molecule has 1 aromatic rings. The predicted octanol–water partition coefficient (Wildman–Crippen LogP) is 1.99. The van der Waals surface area contributed by atoms with Crippen molar-refractivity contribution in [2.24, 2.45) is 5.18 Å². The molecular weight excluding hydrogens is 106 g/mol. The highest BCUT2D eigenvalue weighted by molar-refractivity contribution is 5.23. The van der Waals surface area contributed by atoms with Gasteiger partial charge in [0.25, 0.3) is 5.88 Å². The van der Waals surface area contributed by atoms with Gasteiger partial charge in [-0.25, -0.2) is 0 Å². The summed E-state index contributed by atoms with van der Waals surface area (Å²) in [4.78, 5) is 9.68. The summed E-state index contributed by atoms with van der Waals surface area (Å²) in [6, 6.07) is 3.22. The molecule has 3 nitrogen and oxygen atoms in total. The van der Waals surface area contributed by atoms with Crippen LogP contribution in [0.1, 0.15) is 5.76 Å². The van der Waals surface area contributed by atoms with Crippen LogP contribution in [0.2, 0.25) is 0 Å². The molecule has 42 valence electrons. The van der Waals surface area contributed by atoms with Gasteiger partial charge in [-0.1, -0.05) is 0 Å². The van der Waals surface area contributed by atoms with Crippen molar-refractivity contribution in [3.05, 3.63) is 22.8 Å². The minimum atomic E-state index is 0.141. The molecule has 1 rings (SSSR count). The van der Waals surface area contributed by atoms with Crippen LogP contribution in [-0.2, 0) is 0 Å². The maximum atomic E-state index is 9.68. The second kappa shape index (κ2) is 1.78. The second-order valence-electron chi connectivity index (χ2n) is 1.48. The van der Waals surface area contributed by atoms with E-state index in [1.165, 1.54) is 6.07 Å². The fourth-order valence-electron chi connectivity index (χ4n) is 0.471. The minimum absolute atomic E-state index is 0.141. The molecule has 0 aliphatic rings. The Morgan fingerprint density at radius 1 is 1.62 bits per heavy atom. The van der Waals surface area contributed by atoms with Crippen LogP contribution >= 0.6 is 0 Å². The summed E-state index contributed by atoms with van der Waals surface area (Å²) in [5, 5.41) is 2.57. The van der Waals surface area contributed by atoms with Crippen LogP contribution < -0.4 is 0 Å². The fourth-order valence-corrected chi connectivity index (χ4v) is 0.471. The first-order chi connectivity index (χ1) is 3.83. The van der Waals surface area contributed by atoms with E-state index in [1.807, 2.05) is 0 Å². The summed E-state index contributed by atoms with van der Waals surface area (Å²) in [5.74, 6) is 0.849. The monoisotopic (exact) mass is 111 g/mol. The molecule has 8 heavy (non-hydrogen) atoms. The van der Waals surface area contributed by atoms with Crippen molar-refractivity contribution < 1.29 is 4.42 Å². The zero-order valence-electron chi connectivity index (χ0n) is 4.42. The van der Waals surface area contributed by atoms with Gasteiger partial charge in [-0.05, 0) is 13.0 Å². The molecule has 3 heteroatoms. The Morgan fingerprint density at radius 2 is 2.38 bits per heavy atom. The van der Waals surface area contributed by atoms with Crippen LogP contribution in [-0.4, -0.2) is 0 Å². The molecule has 1 aromatic heterocycles. The first-order valence-corrected chi connectivity index (χ1v) is 2.23. The van der Waals surface area contributed by atoms with Crippen LogP contribution in [0.25, 0.3) is 0 Å². The van der Waals surface area contributed by atoms with E-state index in [0.29, 0.717) is 5.76 Å². The van der Waals surface area contributed by atoms with Gasteiger partial charge >= 0.3 is 0 Å². The molecule has 0 saturated carbocycles. The number of hydrogen-bond acceptors (Lipinski definition) is 3. The summed E-state index contributed by atoms with van der Waals surface area (Å²) < 4.78 is 4.75. The van der Waals surface area contributed by atoms with Gasteiger partial charge in [0, 0.05) is 11.2 Å². The molecule has 0 radical (unpaired) electrons. The van der Waals surface area contributed by atoms with Gasteiger partial charge in [0.15, 0.2) is 0 Å². The SMILES string of the molecule is Cc1ccc(N=O)o1. The highest BCUT2D eigenvalue weighted by Crippen LogP contribution is 2.13. The van der Waals surface area contributed by atoms with E-state index in [9.17, 15) is 4.91 Å². The zero-order chi connectivity index (χ0) is 5.98. The topological polar surface area (TPSA) is 42.6 Å². The molecular formula is C5H5NO2. The van der Waals surface area contributed by atoms with Gasteiger partial charge in [0.05, 0.1) is 0 Å². The van der Waals surface area contributed by atoms with Crippen molar-refractivity contribution in [1.29, 1.82) is 0 Å². The van der Waals surface area contributed by atoms with E-state index < -0.39 is 0 Å². The summed E-state index contributed by atoms with van der Waals surface area (Å²) in [6.45, 7) is 1.76. The Bertz CT molecular complexity index is 192. The van der Waals surface area contributed by atoms with Crippen molar-refractivity contribution in [1.82, 2.24) is 0 Å². The van der Waals surface area contributed by atoms with Gasteiger partial charge in [-0.2, -0.15) is 0 Å². The normalized spacial score (nSPS) is 9.12. The Hall–Kier alpha value is -1.12. The van der Waals surface area contributed by atoms with Crippen LogP contribution in [0.5, 0.6) is 0 Å². The van der Waals surface area contributed by atoms with Gasteiger partial charge in [0.2, 0.25) is 0 Å². The Balaban J connectivity index is 3.00. The highest BCUT2D eigenvalue weighted by atomic mass is 16.4. The summed E-state index contributed by atoms with van der Waals surface area (Å²) in [6.07, 6.45) is 0. The number of rotatable bonds is 1. The summed E-state index contributed by atoms with van der Waals surface area (Å²) in [7, 11) is 0. The molecule has 0 atom stereocenters. The standard InChI is InChI=1S/C5H5NO2/c1-4-2-3-5(6-7)8-4/h2-3H,1H3. The fraction of sp³-hybridized carbons (Fsp3) is 0.200. The summed E-state index contributed by atoms with van der Waals surface area (Å²) >= 11 is 0. The lowest BCUT2D eigenvalue weighted by molar-refractivity contribution is 0.544. The predicted molar refractivity (Wildman–Crippen MR) is 28.9 cm³/mol. The van der Waals surface area contributed by atoms with Gasteiger partial charge in [0.1, 0.15) is 5.76 Å². The average Bonchev–Trinajstić information content (AvgIpc) is 2.14. The quantitative estimate of drug-likeness (QED) is 0.520. The lowest BCUT2D eigenvalue weighted by Gasteiger charge is -1.74. The highest BCUT2D eigenvalue weighted by Gasteiger charge is 1.93. The van der Waals surface area contributed by atoms with E-state index in [4.69, 9.17) is 4.42 Å². The molecule has 1 heterocycles. The number of furan rings is 1. The van der Waals surface area contributed by atoms with Gasteiger partial charge in [-0.3, -0.25) is 0 Å². The summed E-state index contributed by atoms with van der Waals surface area (Å²) in [5.41, 5.74) is 0. The van der Waals surface area contributed by atoms with Crippen molar-refractivity contribution in [2.75, 3.05) is 0 Å². The first-order valence-electron chi connectivity index (χ1n) is 2.23. The van der Waals surface area contributed by atoms with Gasteiger partial charge < -0.3 is 4.42 Å². The van der Waals surface area contributed by atoms with E-state index in [-0.39, 0.29) is 5.88 Å². The Labute approximate surface area is 46.3 Å². The molecule has 0 aromatic carbocycles. The van der Waals surface area contributed by atoms with Crippen molar-refractivity contribution in [3.63, 3.8) is 0 Å². The maximum absolute atomic E-state index is 9.68. The molecule has 0 unspecified atom stereocenters. The largest absolute Gasteiger partial charge is 0.441 e. The van der Waals surface area contributed by atoms with E-state index >= 15 is 0 Å². The van der Waals surface area contributed by atoms with Crippen molar-refractivity contribution in [2.45, 2.75) is 6.92 Å². The zero-order valence-corrected chi connectivity index (χ0v) is 4.42. The Kier molecular flexibility index (Phi) is 1.12. The smallest absolute Gasteiger partial charge is 0.260 e. The number of nitroso groups, excluding NO2 is 1. The van der Waals surface area contributed by atoms with E-state index in [1.54, 1.807) is 13.0 Å². The molecule has 0 fully saturated rings. The third kappa shape index (κ3) is 0.753. The van der Waals surface area contributed by atoms with Crippen molar-refractivity contribution >= 4 is 5.88 Å². The Morgan fingerprint density at radius 3 is 2.62 bits per heavy atom. The molecule has 0 N–H and O–H groups in total. The lowest BCUT2D eigenvalue weighted by atomic mass is 10.5. The molecule has 0 aliphatic heterocycles. The van der Waals surface area contributed by atoms with Crippen LogP contribution in [0.3, 0.4) is 0 Å². The molecule has 0 bridgehead atoms. The third-order valence-corrected chi connectivity index (χ3v) is 0.816. The lowest BCUT2D eigenvalue weighted by Crippen LogP contribution is -1.50. The molecule has 0 saturated heterocycles. The van der Waals surface area contributed by atoms with Crippen molar-refractivity contribution in [3.8, 4) is 0 Å². The maximum Gasteiger partial charge on any atom is 0.260 e. The first kappa shape index (κ1) is 5.03. The number of hydrogen-bond donors (Lipinski definition) is 0. The average molecular weight is 111 g/mol. The van der Waals surface area contributed by atoms with Crippen LogP contribution in [0, 0.1) is 11.8 Å². The minimum Gasteiger partial charge on any atom is -0.441 e. The molecule has 0 spiro atoms. The van der Waals surface area contributed by atoms with Crippen LogP contribution in [0.4, 0.5) is 5.88 Å². The van der Waals surface area contributed by atoms with Crippen LogP contribution in [0.15, 0.2) is 21.7 Å². The molecule has 0 aliphatic carbocycles. The van der Waals surface area contributed by atoms with E-state index in [2.05, 4.69) is 5.18 Å².